The maximum Gasteiger partial charge on any atom is 0.251 e. The number of aliphatic hydroxyl groups is 6. The van der Waals surface area contributed by atoms with Gasteiger partial charge in [-0.1, -0.05) is 0 Å². The molecule has 7 N–H and O–H groups in total. The fraction of sp³-hybridized carbons (Fsp3) is 0.923. The third-order valence-electron chi connectivity index (χ3n) is 3.75. The fourth-order valence-corrected chi connectivity index (χ4v) is 1.67. The molecule has 0 fully saturated rings. The summed E-state index contributed by atoms with van der Waals surface area (Å²) in [5, 5.41) is 58.3. The number of hydrogen-bond donors (Lipinski definition) is 7. The molecular weight excluding hydrogens is 296 g/mol. The molecule has 0 aromatic rings. The fourth-order valence-electron chi connectivity index (χ4n) is 1.67. The molecule has 0 aliphatic rings. The lowest BCUT2D eigenvalue weighted by Crippen LogP contribution is -2.52. The van der Waals surface area contributed by atoms with Gasteiger partial charge in [0.25, 0.3) is 5.91 Å². The number of hydrogen-bond acceptors (Lipinski definition) is 7. The van der Waals surface area contributed by atoms with E-state index < -0.39 is 43.2 Å². The number of quaternary nitrogens is 1. The minimum absolute atomic E-state index is 0.218. The second kappa shape index (κ2) is 9.36. The van der Waals surface area contributed by atoms with E-state index in [4.69, 9.17) is 10.2 Å². The van der Waals surface area contributed by atoms with E-state index in [-0.39, 0.29) is 6.54 Å². The summed E-state index contributed by atoms with van der Waals surface area (Å²) in [5.41, 5.74) is 0. The van der Waals surface area contributed by atoms with Gasteiger partial charge in [0.15, 0.2) is 12.3 Å². The molecule has 5 atom stereocenters. The van der Waals surface area contributed by atoms with Crippen molar-refractivity contribution >= 4 is 5.91 Å². The second-order valence-electron chi connectivity index (χ2n) is 5.95. The Morgan fingerprint density at radius 1 is 1.09 bits per heavy atom. The van der Waals surface area contributed by atoms with E-state index in [1.54, 1.807) is 6.92 Å². The Kier molecular flexibility index (Phi) is 9.01. The quantitative estimate of drug-likeness (QED) is 0.124. The molecule has 0 aliphatic carbocycles. The van der Waals surface area contributed by atoms with Crippen molar-refractivity contribution in [2.45, 2.75) is 44.0 Å². The first-order valence-corrected chi connectivity index (χ1v) is 7.16. The highest BCUT2D eigenvalue weighted by atomic mass is 16.4. The topological polar surface area (TPSA) is 150 Å². The van der Waals surface area contributed by atoms with Crippen LogP contribution in [0.5, 0.6) is 0 Å². The number of carbonyl (C=O) groups excluding carboxylic acids is 1. The average Bonchev–Trinajstić information content (AvgIpc) is 2.47. The van der Waals surface area contributed by atoms with E-state index in [2.05, 4.69) is 5.32 Å². The van der Waals surface area contributed by atoms with Crippen LogP contribution >= 0.6 is 0 Å². The smallest absolute Gasteiger partial charge is 0.251 e. The Bertz CT molecular complexity index is 338. The molecule has 0 aromatic carbocycles. The first-order valence-electron chi connectivity index (χ1n) is 7.16. The molecule has 1 unspecified atom stereocenters. The van der Waals surface area contributed by atoms with Gasteiger partial charge in [-0.3, -0.25) is 4.79 Å². The third kappa shape index (κ3) is 6.53. The number of aliphatic hydroxyl groups excluding tert-OH is 6. The van der Waals surface area contributed by atoms with Gasteiger partial charge in [0.05, 0.1) is 27.2 Å². The molecule has 0 bridgehead atoms. The largest absolute Gasteiger partial charge is 0.394 e. The van der Waals surface area contributed by atoms with Crippen LogP contribution in [0.4, 0.5) is 0 Å². The molecule has 0 aromatic heterocycles. The van der Waals surface area contributed by atoms with Crippen LogP contribution in [0.3, 0.4) is 0 Å². The summed E-state index contributed by atoms with van der Waals surface area (Å²) in [4.78, 5) is 11.6. The number of nitrogens with one attached hydrogen (secondary N) is 1. The SMILES string of the molecule is CC(O)[N+](C)(C)CCCNC(=O)[C@@H](O)[C@H](O)[C@@H](O)[C@@H](O)CO. The van der Waals surface area contributed by atoms with Crippen LogP contribution < -0.4 is 5.32 Å². The lowest BCUT2D eigenvalue weighted by molar-refractivity contribution is -0.934. The van der Waals surface area contributed by atoms with Gasteiger partial charge in [0, 0.05) is 19.9 Å². The van der Waals surface area contributed by atoms with Gasteiger partial charge < -0.3 is 40.4 Å². The summed E-state index contributed by atoms with van der Waals surface area (Å²) < 4.78 is 0.350. The Labute approximate surface area is 130 Å². The Morgan fingerprint density at radius 3 is 2.09 bits per heavy atom. The van der Waals surface area contributed by atoms with Crippen molar-refractivity contribution in [1.29, 1.82) is 0 Å². The number of amides is 1. The molecule has 22 heavy (non-hydrogen) atoms. The van der Waals surface area contributed by atoms with Gasteiger partial charge in [0.2, 0.25) is 0 Å². The molecule has 0 radical (unpaired) electrons. The number of carbonyl (C=O) groups is 1. The van der Waals surface area contributed by atoms with Crippen LogP contribution in [0, 0.1) is 0 Å². The van der Waals surface area contributed by atoms with Crippen molar-refractivity contribution in [3.8, 4) is 0 Å². The molecule has 1 amide bonds. The van der Waals surface area contributed by atoms with E-state index in [1.807, 2.05) is 14.1 Å². The first kappa shape index (κ1) is 21.2. The molecule has 0 saturated heterocycles. The van der Waals surface area contributed by atoms with Crippen molar-refractivity contribution in [2.75, 3.05) is 33.8 Å². The first-order chi connectivity index (χ1) is 10.0. The summed E-state index contributed by atoms with van der Waals surface area (Å²) in [6, 6.07) is 0. The van der Waals surface area contributed by atoms with E-state index in [0.29, 0.717) is 17.4 Å². The zero-order valence-corrected chi connectivity index (χ0v) is 13.3. The summed E-state index contributed by atoms with van der Waals surface area (Å²) >= 11 is 0. The predicted molar refractivity (Wildman–Crippen MR) is 77.4 cm³/mol. The van der Waals surface area contributed by atoms with Crippen molar-refractivity contribution in [1.82, 2.24) is 5.32 Å². The number of rotatable bonds is 10. The monoisotopic (exact) mass is 325 g/mol. The van der Waals surface area contributed by atoms with Crippen LogP contribution in [-0.4, -0.2) is 105 Å². The van der Waals surface area contributed by atoms with Gasteiger partial charge in [-0.05, 0) is 0 Å². The Hall–Kier alpha value is -0.810. The normalized spacial score (nSPS) is 19.1. The zero-order chi connectivity index (χ0) is 17.5. The molecule has 0 rings (SSSR count). The van der Waals surface area contributed by atoms with Crippen LogP contribution in [-0.2, 0) is 4.79 Å². The highest BCUT2D eigenvalue weighted by Gasteiger charge is 2.34. The zero-order valence-electron chi connectivity index (χ0n) is 13.3. The van der Waals surface area contributed by atoms with Crippen molar-refractivity contribution < 1.29 is 39.9 Å². The van der Waals surface area contributed by atoms with Gasteiger partial charge in [-0.25, -0.2) is 0 Å². The van der Waals surface area contributed by atoms with E-state index in [1.165, 1.54) is 0 Å². The molecule has 0 saturated carbocycles. The Morgan fingerprint density at radius 2 is 1.64 bits per heavy atom. The summed E-state index contributed by atoms with van der Waals surface area (Å²) in [6.45, 7) is 1.66. The van der Waals surface area contributed by atoms with Crippen molar-refractivity contribution in [3.63, 3.8) is 0 Å². The molecular formula is C13H29N2O7+. The molecule has 0 spiro atoms. The van der Waals surface area contributed by atoms with Gasteiger partial charge in [-0.15, -0.1) is 0 Å². The van der Waals surface area contributed by atoms with Crippen LogP contribution in [0.2, 0.25) is 0 Å². The molecule has 9 nitrogen and oxygen atoms in total. The average molecular weight is 325 g/mol. The highest BCUT2D eigenvalue weighted by molar-refractivity contribution is 5.81. The van der Waals surface area contributed by atoms with Gasteiger partial charge in [-0.2, -0.15) is 0 Å². The number of nitrogens with zero attached hydrogens (tertiary/aromatic N) is 1. The van der Waals surface area contributed by atoms with Crippen molar-refractivity contribution in [2.24, 2.45) is 0 Å². The summed E-state index contributed by atoms with van der Waals surface area (Å²) in [7, 11) is 3.66. The second-order valence-corrected chi connectivity index (χ2v) is 5.95. The van der Waals surface area contributed by atoms with Crippen LogP contribution in [0.25, 0.3) is 0 Å². The maximum atomic E-state index is 11.6. The van der Waals surface area contributed by atoms with E-state index in [9.17, 15) is 25.2 Å². The minimum atomic E-state index is -1.92. The van der Waals surface area contributed by atoms with Crippen LogP contribution in [0.15, 0.2) is 0 Å². The highest BCUT2D eigenvalue weighted by Crippen LogP contribution is 2.06. The summed E-state index contributed by atoms with van der Waals surface area (Å²) in [6.07, 6.45) is -7.34. The van der Waals surface area contributed by atoms with E-state index in [0.717, 1.165) is 0 Å². The lowest BCUT2D eigenvalue weighted by atomic mass is 10.0. The Balaban J connectivity index is 4.22. The minimum Gasteiger partial charge on any atom is -0.394 e. The summed E-state index contributed by atoms with van der Waals surface area (Å²) in [5.74, 6) is -0.890. The van der Waals surface area contributed by atoms with Crippen LogP contribution in [0.1, 0.15) is 13.3 Å². The van der Waals surface area contributed by atoms with Gasteiger partial charge >= 0.3 is 0 Å². The maximum absolute atomic E-state index is 11.6. The van der Waals surface area contributed by atoms with Gasteiger partial charge in [0.1, 0.15) is 18.3 Å². The molecule has 0 heterocycles. The molecule has 132 valence electrons. The standard InChI is InChI=1S/C13H28N2O7/c1-8(17)15(2,3)6-4-5-14-13(22)12(21)11(20)10(19)9(18)7-16/h8-12,16-21H,4-7H2,1-3H3/p+1/t8?,9-,10-,11+,12-/m0/s1. The lowest BCUT2D eigenvalue weighted by Gasteiger charge is -2.32. The molecule has 9 heteroatoms. The molecule has 0 aliphatic heterocycles. The van der Waals surface area contributed by atoms with Crippen molar-refractivity contribution in [3.05, 3.63) is 0 Å². The van der Waals surface area contributed by atoms with E-state index >= 15 is 0 Å². The predicted octanol–water partition coefficient (Wildman–Crippen LogP) is -3.66. The third-order valence-corrected chi connectivity index (χ3v) is 3.75.